The molecule has 0 saturated heterocycles. The van der Waals surface area contributed by atoms with Gasteiger partial charge in [0.1, 0.15) is 6.04 Å². The van der Waals surface area contributed by atoms with Crippen molar-refractivity contribution in [3.63, 3.8) is 0 Å². The van der Waals surface area contributed by atoms with E-state index in [-0.39, 0.29) is 10.8 Å². The van der Waals surface area contributed by atoms with Crippen molar-refractivity contribution in [3.05, 3.63) is 54.1 Å². The summed E-state index contributed by atoms with van der Waals surface area (Å²) < 4.78 is 22.4. The monoisotopic (exact) mass is 333 g/mol. The fraction of sp³-hybridized carbons (Fsp3) is 0.188. The number of carbonyl (C=O) groups is 1. The highest BCUT2D eigenvalue weighted by Gasteiger charge is 2.13. The number of amides is 1. The molecule has 0 saturated carbocycles. The largest absolute Gasteiger partial charge is 0.374 e. The fourth-order valence-electron chi connectivity index (χ4n) is 2.03. The number of hydrogen-bond acceptors (Lipinski definition) is 4. The molecular weight excluding hydrogens is 314 g/mol. The van der Waals surface area contributed by atoms with Gasteiger partial charge in [-0.15, -0.1) is 0 Å². The number of anilines is 2. The van der Waals surface area contributed by atoms with Gasteiger partial charge in [0.2, 0.25) is 15.9 Å². The lowest BCUT2D eigenvalue weighted by atomic mass is 10.2. The van der Waals surface area contributed by atoms with Gasteiger partial charge in [0.15, 0.2) is 0 Å². The minimum absolute atomic E-state index is 0.00133. The van der Waals surface area contributed by atoms with Crippen LogP contribution in [0.15, 0.2) is 53.4 Å². The highest BCUT2D eigenvalue weighted by atomic mass is 32.2. The maximum absolute atomic E-state index is 12.2. The molecule has 0 aliphatic rings. The third-order valence-electron chi connectivity index (χ3n) is 3.24. The van der Waals surface area contributed by atoms with Crippen LogP contribution >= 0.6 is 0 Å². The first kappa shape index (κ1) is 17.0. The van der Waals surface area contributed by atoms with Gasteiger partial charge in [-0.1, -0.05) is 12.1 Å². The molecule has 0 aliphatic heterocycles. The molecule has 0 aromatic heterocycles. The second kappa shape index (κ2) is 6.80. The Labute approximate surface area is 135 Å². The molecule has 0 spiro atoms. The standard InChI is InChI=1S/C16H19N3O3S/c1-11-4-3-5-14(10-11)18-12(2)16(20)19-13-6-8-15(9-7-13)23(17,21)22/h3-10,12,18H,1-2H3,(H,19,20)(H2,17,21,22)/t12-/m1/s1. The van der Waals surface area contributed by atoms with E-state index in [9.17, 15) is 13.2 Å². The molecule has 0 unspecified atom stereocenters. The van der Waals surface area contributed by atoms with E-state index in [2.05, 4.69) is 10.6 Å². The number of aryl methyl sites for hydroxylation is 1. The Morgan fingerprint density at radius 2 is 1.74 bits per heavy atom. The Hall–Kier alpha value is -2.38. The van der Waals surface area contributed by atoms with Gasteiger partial charge < -0.3 is 10.6 Å². The summed E-state index contributed by atoms with van der Waals surface area (Å²) in [5.74, 6) is -0.227. The quantitative estimate of drug-likeness (QED) is 0.779. The summed E-state index contributed by atoms with van der Waals surface area (Å²) in [5.41, 5.74) is 2.46. The van der Waals surface area contributed by atoms with E-state index in [1.54, 1.807) is 6.92 Å². The van der Waals surface area contributed by atoms with Gasteiger partial charge in [-0.25, -0.2) is 13.6 Å². The summed E-state index contributed by atoms with van der Waals surface area (Å²) in [4.78, 5) is 12.2. The summed E-state index contributed by atoms with van der Waals surface area (Å²) in [6.07, 6.45) is 0. The van der Waals surface area contributed by atoms with Crippen LogP contribution in [0.3, 0.4) is 0 Å². The molecule has 6 nitrogen and oxygen atoms in total. The van der Waals surface area contributed by atoms with Crippen LogP contribution in [0.2, 0.25) is 0 Å². The third kappa shape index (κ3) is 4.80. The predicted octanol–water partition coefficient (Wildman–Crippen LogP) is 2.08. The topological polar surface area (TPSA) is 101 Å². The van der Waals surface area contributed by atoms with Gasteiger partial charge in [0.05, 0.1) is 4.90 Å². The molecule has 2 aromatic carbocycles. The second-order valence-electron chi connectivity index (χ2n) is 5.29. The van der Waals surface area contributed by atoms with Crippen LogP contribution < -0.4 is 15.8 Å². The van der Waals surface area contributed by atoms with Gasteiger partial charge in [0.25, 0.3) is 0 Å². The lowest BCUT2D eigenvalue weighted by Gasteiger charge is -2.15. The smallest absolute Gasteiger partial charge is 0.246 e. The molecule has 4 N–H and O–H groups in total. The molecule has 2 aromatic rings. The minimum atomic E-state index is -3.73. The number of nitrogens with two attached hydrogens (primary N) is 1. The van der Waals surface area contributed by atoms with Crippen molar-refractivity contribution < 1.29 is 13.2 Å². The number of hydrogen-bond donors (Lipinski definition) is 3. The summed E-state index contributed by atoms with van der Waals surface area (Å²) in [5, 5.41) is 10.9. The number of carbonyl (C=O) groups excluding carboxylic acids is 1. The average Bonchev–Trinajstić information content (AvgIpc) is 2.46. The molecule has 7 heteroatoms. The van der Waals surface area contributed by atoms with Gasteiger partial charge in [0, 0.05) is 11.4 Å². The molecular formula is C16H19N3O3S. The van der Waals surface area contributed by atoms with Crippen LogP contribution in [-0.2, 0) is 14.8 Å². The van der Waals surface area contributed by atoms with E-state index in [1.165, 1.54) is 24.3 Å². The number of nitrogens with one attached hydrogen (secondary N) is 2. The minimum Gasteiger partial charge on any atom is -0.374 e. The molecule has 2 rings (SSSR count). The number of primary sulfonamides is 1. The van der Waals surface area contributed by atoms with Crippen LogP contribution in [-0.4, -0.2) is 20.4 Å². The first-order valence-electron chi connectivity index (χ1n) is 7.02. The van der Waals surface area contributed by atoms with E-state index in [0.717, 1.165) is 11.3 Å². The van der Waals surface area contributed by atoms with E-state index in [1.807, 2.05) is 31.2 Å². The lowest BCUT2D eigenvalue weighted by Crippen LogP contribution is -2.31. The second-order valence-corrected chi connectivity index (χ2v) is 6.86. The summed E-state index contributed by atoms with van der Waals surface area (Å²) in [6, 6.07) is 13.0. The van der Waals surface area contributed by atoms with Crippen molar-refractivity contribution in [3.8, 4) is 0 Å². The first-order valence-corrected chi connectivity index (χ1v) is 8.57. The van der Waals surface area contributed by atoms with E-state index >= 15 is 0 Å². The Morgan fingerprint density at radius 1 is 1.09 bits per heavy atom. The van der Waals surface area contributed by atoms with Crippen molar-refractivity contribution >= 4 is 27.3 Å². The van der Waals surface area contributed by atoms with E-state index < -0.39 is 16.1 Å². The van der Waals surface area contributed by atoms with Crippen LogP contribution in [0, 0.1) is 6.92 Å². The molecule has 1 amide bonds. The van der Waals surface area contributed by atoms with Crippen molar-refractivity contribution in [2.75, 3.05) is 10.6 Å². The Morgan fingerprint density at radius 3 is 2.30 bits per heavy atom. The molecule has 0 bridgehead atoms. The van der Waals surface area contributed by atoms with Gasteiger partial charge in [-0.2, -0.15) is 0 Å². The Bertz CT molecular complexity index is 802. The zero-order valence-electron chi connectivity index (χ0n) is 12.9. The summed E-state index contributed by atoms with van der Waals surface area (Å²) in [6.45, 7) is 3.72. The van der Waals surface area contributed by atoms with Gasteiger partial charge >= 0.3 is 0 Å². The predicted molar refractivity (Wildman–Crippen MR) is 90.7 cm³/mol. The third-order valence-corrected chi connectivity index (χ3v) is 4.17. The molecule has 0 heterocycles. The van der Waals surface area contributed by atoms with Crippen molar-refractivity contribution in [2.24, 2.45) is 5.14 Å². The maximum Gasteiger partial charge on any atom is 0.246 e. The number of sulfonamides is 1. The number of benzene rings is 2. The average molecular weight is 333 g/mol. The molecule has 0 aliphatic carbocycles. The highest BCUT2D eigenvalue weighted by Crippen LogP contribution is 2.14. The first-order chi connectivity index (χ1) is 10.8. The van der Waals surface area contributed by atoms with E-state index in [4.69, 9.17) is 5.14 Å². The zero-order chi connectivity index (χ0) is 17.0. The summed E-state index contributed by atoms with van der Waals surface area (Å²) >= 11 is 0. The van der Waals surface area contributed by atoms with Gasteiger partial charge in [-0.05, 0) is 55.8 Å². The maximum atomic E-state index is 12.2. The van der Waals surface area contributed by atoms with Crippen LogP contribution in [0.5, 0.6) is 0 Å². The van der Waals surface area contributed by atoms with Crippen LogP contribution in [0.4, 0.5) is 11.4 Å². The van der Waals surface area contributed by atoms with E-state index in [0.29, 0.717) is 5.69 Å². The fourth-order valence-corrected chi connectivity index (χ4v) is 2.54. The zero-order valence-corrected chi connectivity index (χ0v) is 13.7. The number of rotatable bonds is 5. The molecule has 0 radical (unpaired) electrons. The van der Waals surface area contributed by atoms with Crippen molar-refractivity contribution in [1.82, 2.24) is 0 Å². The van der Waals surface area contributed by atoms with Crippen molar-refractivity contribution in [2.45, 2.75) is 24.8 Å². The van der Waals surface area contributed by atoms with Crippen LogP contribution in [0.1, 0.15) is 12.5 Å². The normalized spacial score (nSPS) is 12.5. The highest BCUT2D eigenvalue weighted by molar-refractivity contribution is 7.89. The molecule has 0 fully saturated rings. The lowest BCUT2D eigenvalue weighted by molar-refractivity contribution is -0.116. The van der Waals surface area contributed by atoms with Crippen LogP contribution in [0.25, 0.3) is 0 Å². The van der Waals surface area contributed by atoms with Gasteiger partial charge in [-0.3, -0.25) is 4.79 Å². The SMILES string of the molecule is Cc1cccc(N[C@H](C)C(=O)Nc2ccc(S(N)(=O)=O)cc2)c1. The Kier molecular flexibility index (Phi) is 5.02. The molecule has 1 atom stereocenters. The summed E-state index contributed by atoms with van der Waals surface area (Å²) in [7, 11) is -3.73. The van der Waals surface area contributed by atoms with Crippen molar-refractivity contribution in [1.29, 1.82) is 0 Å². The Balaban J connectivity index is 2.01. The molecule has 122 valence electrons. The molecule has 23 heavy (non-hydrogen) atoms.